The van der Waals surface area contributed by atoms with Crippen LogP contribution in [0.4, 0.5) is 0 Å². The van der Waals surface area contributed by atoms with Crippen molar-refractivity contribution in [2.75, 3.05) is 6.61 Å². The van der Waals surface area contributed by atoms with Gasteiger partial charge in [0, 0.05) is 18.2 Å². The Hall–Kier alpha value is -2.40. The van der Waals surface area contributed by atoms with Crippen LogP contribution in [-0.2, 0) is 11.2 Å². The fraction of sp³-hybridized carbons (Fsp3) is 0.400. The second-order valence-corrected chi connectivity index (χ2v) is 6.89. The van der Waals surface area contributed by atoms with Gasteiger partial charge in [0.15, 0.2) is 0 Å². The van der Waals surface area contributed by atoms with Crippen molar-refractivity contribution in [3.63, 3.8) is 0 Å². The molecule has 0 spiro atoms. The number of aryl methyl sites for hydroxylation is 1. The van der Waals surface area contributed by atoms with Crippen LogP contribution in [-0.4, -0.2) is 28.2 Å². The predicted molar refractivity (Wildman–Crippen MR) is 97.4 cm³/mol. The summed E-state index contributed by atoms with van der Waals surface area (Å²) in [5.41, 5.74) is 1.38. The molecule has 0 fully saturated rings. The number of carbonyl (C=O) groups is 1. The van der Waals surface area contributed by atoms with Gasteiger partial charge in [-0.15, -0.1) is 0 Å². The molecule has 0 aliphatic heterocycles. The van der Waals surface area contributed by atoms with E-state index in [9.17, 15) is 9.90 Å². The van der Waals surface area contributed by atoms with Crippen LogP contribution in [0.5, 0.6) is 5.88 Å². The summed E-state index contributed by atoms with van der Waals surface area (Å²) < 4.78 is 5.74. The third kappa shape index (κ3) is 6.55. The monoisotopic (exact) mass is 342 g/mol. The first-order valence-corrected chi connectivity index (χ1v) is 8.47. The lowest BCUT2D eigenvalue weighted by Crippen LogP contribution is -2.31. The van der Waals surface area contributed by atoms with Crippen LogP contribution in [0.15, 0.2) is 48.5 Å². The highest BCUT2D eigenvalue weighted by atomic mass is 16.5. The second-order valence-electron chi connectivity index (χ2n) is 6.89. The lowest BCUT2D eigenvalue weighted by Gasteiger charge is -2.20. The van der Waals surface area contributed by atoms with Crippen LogP contribution in [0.25, 0.3) is 0 Å². The van der Waals surface area contributed by atoms with Crippen LogP contribution in [0, 0.1) is 0 Å². The predicted octanol–water partition coefficient (Wildman–Crippen LogP) is 3.04. The van der Waals surface area contributed by atoms with Crippen molar-refractivity contribution < 1.29 is 14.6 Å². The van der Waals surface area contributed by atoms with Crippen LogP contribution in [0.3, 0.4) is 0 Å². The maximum absolute atomic E-state index is 12.2. The van der Waals surface area contributed by atoms with Crippen molar-refractivity contribution in [2.45, 2.75) is 45.3 Å². The van der Waals surface area contributed by atoms with E-state index in [4.69, 9.17) is 4.74 Å². The van der Waals surface area contributed by atoms with Crippen molar-refractivity contribution in [3.05, 3.63) is 59.8 Å². The number of aliphatic hydroxyl groups excluding tert-OH is 1. The molecule has 0 aliphatic rings. The fourth-order valence-corrected chi connectivity index (χ4v) is 2.40. The largest absolute Gasteiger partial charge is 0.472 e. The Bertz CT molecular complexity index is 681. The molecular weight excluding hydrogens is 316 g/mol. The molecular formula is C20H26N2O3. The lowest BCUT2D eigenvalue weighted by atomic mass is 10.1. The van der Waals surface area contributed by atoms with Gasteiger partial charge in [0.2, 0.25) is 11.8 Å². The molecule has 1 aromatic carbocycles. The zero-order valence-corrected chi connectivity index (χ0v) is 15.0. The Balaban J connectivity index is 1.90. The van der Waals surface area contributed by atoms with Crippen LogP contribution in [0.1, 0.15) is 44.5 Å². The molecule has 0 aliphatic carbocycles. The number of aliphatic hydroxyl groups is 1. The number of nitrogens with one attached hydrogen (secondary N) is 1. The van der Waals surface area contributed by atoms with Gasteiger partial charge in [-0.05, 0) is 38.8 Å². The molecule has 0 saturated carbocycles. The summed E-state index contributed by atoms with van der Waals surface area (Å²) in [6.45, 7) is 5.76. The van der Waals surface area contributed by atoms with Gasteiger partial charge in [-0.2, -0.15) is 0 Å². The number of ether oxygens (including phenoxy) is 1. The van der Waals surface area contributed by atoms with E-state index < -0.39 is 6.04 Å². The van der Waals surface area contributed by atoms with Gasteiger partial charge in [0.1, 0.15) is 5.60 Å². The van der Waals surface area contributed by atoms with Crippen molar-refractivity contribution in [1.29, 1.82) is 0 Å². The third-order valence-electron chi connectivity index (χ3n) is 3.52. The Morgan fingerprint density at radius 2 is 1.88 bits per heavy atom. The molecule has 0 bridgehead atoms. The normalized spacial score (nSPS) is 12.5. The van der Waals surface area contributed by atoms with Gasteiger partial charge in [0.25, 0.3) is 0 Å². The summed E-state index contributed by atoms with van der Waals surface area (Å²) >= 11 is 0. The molecule has 0 unspecified atom stereocenters. The maximum Gasteiger partial charge on any atom is 0.220 e. The van der Waals surface area contributed by atoms with E-state index in [2.05, 4.69) is 10.3 Å². The quantitative estimate of drug-likeness (QED) is 0.811. The second kappa shape index (κ2) is 8.62. The molecule has 1 amide bonds. The molecule has 5 nitrogen and oxygen atoms in total. The first kappa shape index (κ1) is 18.9. The van der Waals surface area contributed by atoms with Gasteiger partial charge in [-0.3, -0.25) is 4.79 Å². The maximum atomic E-state index is 12.2. The number of rotatable bonds is 7. The van der Waals surface area contributed by atoms with Crippen LogP contribution < -0.4 is 10.1 Å². The number of benzene rings is 1. The highest BCUT2D eigenvalue weighted by molar-refractivity contribution is 5.76. The Kier molecular flexibility index (Phi) is 6.53. The standard InChI is InChI=1S/C20H26N2O3/c1-20(2,3)25-19-11-7-10-16(21-19)12-13-18(24)22-17(14-23)15-8-5-4-6-9-15/h4-11,17,23H,12-14H2,1-3H3,(H,22,24)/t17-/m1/s1. The molecule has 25 heavy (non-hydrogen) atoms. The molecule has 0 saturated heterocycles. The molecule has 1 heterocycles. The van der Waals surface area contributed by atoms with Gasteiger partial charge < -0.3 is 15.2 Å². The van der Waals surface area contributed by atoms with E-state index in [0.29, 0.717) is 18.7 Å². The molecule has 0 radical (unpaired) electrons. The minimum atomic E-state index is -0.391. The summed E-state index contributed by atoms with van der Waals surface area (Å²) in [5.74, 6) is 0.440. The third-order valence-corrected chi connectivity index (χ3v) is 3.52. The minimum Gasteiger partial charge on any atom is -0.472 e. The van der Waals surface area contributed by atoms with Crippen LogP contribution in [0.2, 0.25) is 0 Å². The van der Waals surface area contributed by atoms with E-state index in [-0.39, 0.29) is 18.1 Å². The Morgan fingerprint density at radius 1 is 1.16 bits per heavy atom. The number of nitrogens with zero attached hydrogens (tertiary/aromatic N) is 1. The first-order chi connectivity index (χ1) is 11.9. The molecule has 2 N–H and O–H groups in total. The Morgan fingerprint density at radius 3 is 2.52 bits per heavy atom. The van der Waals surface area contributed by atoms with Gasteiger partial charge in [-0.25, -0.2) is 4.98 Å². The highest BCUT2D eigenvalue weighted by Gasteiger charge is 2.15. The number of hydrogen-bond acceptors (Lipinski definition) is 4. The summed E-state index contributed by atoms with van der Waals surface area (Å²) in [6, 6.07) is 14.6. The topological polar surface area (TPSA) is 71.5 Å². The summed E-state index contributed by atoms with van der Waals surface area (Å²) in [5, 5.41) is 12.4. The average molecular weight is 342 g/mol. The SMILES string of the molecule is CC(C)(C)Oc1cccc(CCC(=O)N[C@H](CO)c2ccccc2)n1. The molecule has 2 rings (SSSR count). The zero-order valence-electron chi connectivity index (χ0n) is 15.0. The van der Waals surface area contributed by atoms with E-state index in [1.807, 2.05) is 69.3 Å². The van der Waals surface area contributed by atoms with E-state index in [1.54, 1.807) is 0 Å². The van der Waals surface area contributed by atoms with E-state index in [0.717, 1.165) is 11.3 Å². The lowest BCUT2D eigenvalue weighted by molar-refractivity contribution is -0.122. The number of pyridine rings is 1. The highest BCUT2D eigenvalue weighted by Crippen LogP contribution is 2.16. The molecule has 134 valence electrons. The Labute approximate surface area is 149 Å². The van der Waals surface area contributed by atoms with Gasteiger partial charge >= 0.3 is 0 Å². The molecule has 2 aromatic rings. The average Bonchev–Trinajstić information content (AvgIpc) is 2.57. The van der Waals surface area contributed by atoms with Crippen molar-refractivity contribution >= 4 is 5.91 Å². The molecule has 1 aromatic heterocycles. The number of aromatic nitrogens is 1. The van der Waals surface area contributed by atoms with Gasteiger partial charge in [0.05, 0.1) is 12.6 Å². The zero-order chi connectivity index (χ0) is 18.3. The number of hydrogen-bond donors (Lipinski definition) is 2. The summed E-state index contributed by atoms with van der Waals surface area (Å²) in [4.78, 5) is 16.6. The molecule has 5 heteroatoms. The summed E-state index contributed by atoms with van der Waals surface area (Å²) in [6.07, 6.45) is 0.815. The van der Waals surface area contributed by atoms with E-state index >= 15 is 0 Å². The van der Waals surface area contributed by atoms with Crippen LogP contribution >= 0.6 is 0 Å². The minimum absolute atomic E-state index is 0.119. The fourth-order valence-electron chi connectivity index (χ4n) is 2.40. The number of amides is 1. The van der Waals surface area contributed by atoms with Crippen molar-refractivity contribution in [2.24, 2.45) is 0 Å². The first-order valence-electron chi connectivity index (χ1n) is 8.47. The van der Waals surface area contributed by atoms with E-state index in [1.165, 1.54) is 0 Å². The summed E-state index contributed by atoms with van der Waals surface area (Å²) in [7, 11) is 0. The van der Waals surface area contributed by atoms with Crippen molar-refractivity contribution in [1.82, 2.24) is 10.3 Å². The number of carbonyl (C=O) groups excluding carboxylic acids is 1. The molecule has 1 atom stereocenters. The van der Waals surface area contributed by atoms with Crippen molar-refractivity contribution in [3.8, 4) is 5.88 Å². The van der Waals surface area contributed by atoms with Gasteiger partial charge in [-0.1, -0.05) is 36.4 Å². The smallest absolute Gasteiger partial charge is 0.220 e.